The van der Waals surface area contributed by atoms with Gasteiger partial charge >= 0.3 is 0 Å². The van der Waals surface area contributed by atoms with Crippen LogP contribution >= 0.6 is 0 Å². The molecule has 5 heavy (non-hydrogen) atoms. The van der Waals surface area contributed by atoms with Crippen molar-refractivity contribution in [2.45, 2.75) is 0 Å². The van der Waals surface area contributed by atoms with Crippen LogP contribution in [0.3, 0.4) is 0 Å². The van der Waals surface area contributed by atoms with Gasteiger partial charge in [0.15, 0.2) is 0 Å². The summed E-state index contributed by atoms with van der Waals surface area (Å²) in [5.74, 6) is 0. The molecule has 0 aliphatic heterocycles. The van der Waals surface area contributed by atoms with Gasteiger partial charge in [-0.15, -0.1) is 0 Å². The summed E-state index contributed by atoms with van der Waals surface area (Å²) in [6.45, 7) is 3.50. The predicted molar refractivity (Wildman–Crippen MR) is 15.1 cm³/mol. The van der Waals surface area contributed by atoms with Gasteiger partial charge in [-0.2, -0.15) is 0 Å². The molecule has 0 saturated carbocycles. The van der Waals surface area contributed by atoms with E-state index < -0.39 is 0 Å². The van der Waals surface area contributed by atoms with Gasteiger partial charge in [0.25, 0.3) is 0 Å². The van der Waals surface area contributed by atoms with Crippen LogP contribution in [0.4, 0.5) is 0 Å². The molecule has 0 atom stereocenters. The second-order valence-electron chi connectivity index (χ2n) is 0.102. The van der Waals surface area contributed by atoms with Gasteiger partial charge in [-0.3, -0.25) is 0 Å². The highest BCUT2D eigenvalue weighted by molar-refractivity contribution is 5.26. The molecular weight excluding hydrogens is 68.0 g/mol. The average Bonchev–Trinajstić information content (AvgIpc) is 1.46. The van der Waals surface area contributed by atoms with Gasteiger partial charge in [-0.25, -0.2) is 15.5 Å². The normalized spacial score (nSPS) is 2.00. The van der Waals surface area contributed by atoms with E-state index in [0.717, 1.165) is 6.08 Å². The lowest BCUT2D eigenvalue weighted by Crippen LogP contribution is -1.16. The third-order valence-electron chi connectivity index (χ3n) is 0. The lowest BCUT2D eigenvalue weighted by molar-refractivity contribution is 0.563. The van der Waals surface area contributed by atoms with Crippen LogP contribution in [-0.4, -0.2) is 6.08 Å². The monoisotopic (exact) mass is 70.0 g/mol. The van der Waals surface area contributed by atoms with Crippen LogP contribution in [0.15, 0.2) is 0 Å². The minimum atomic E-state index is 0.750. The standard InChI is InChI=1S/CHNO.CHN/c2-1-3;1-2/h2H;1H. The Morgan fingerprint density at radius 2 is 1.80 bits per heavy atom. The average molecular weight is 70.1 g/mol. The molecule has 0 aromatic carbocycles. The summed E-state index contributed by atoms with van der Waals surface area (Å²) in [6.07, 6.45) is 0.750. The van der Waals surface area contributed by atoms with Gasteiger partial charge in [0, 0.05) is 6.57 Å². The van der Waals surface area contributed by atoms with Crippen molar-refractivity contribution in [1.82, 2.24) is 0 Å². The Labute approximate surface area is 29.3 Å². The highest BCUT2D eigenvalue weighted by Gasteiger charge is 1.03. The molecule has 0 unspecified atom stereocenters. The van der Waals surface area contributed by atoms with Crippen LogP contribution in [-0.2, 0) is 4.79 Å². The second-order valence-corrected chi connectivity index (χ2v) is 0.102. The Bertz CT molecular complexity index is 49.9. The minimum Gasteiger partial charge on any atom is -0.222 e. The Balaban J connectivity index is 0. The molecule has 0 rings (SSSR count). The zero-order valence-corrected chi connectivity index (χ0v) is 2.43. The third-order valence-corrected chi connectivity index (χ3v) is 0. The molecule has 0 aliphatic carbocycles. The van der Waals surface area contributed by atoms with E-state index >= 15 is 0 Å². The largest absolute Gasteiger partial charge is 0.231 e. The van der Waals surface area contributed by atoms with Crippen LogP contribution in [0.25, 0.3) is 0 Å². The summed E-state index contributed by atoms with van der Waals surface area (Å²) in [5, 5.41) is 11.9. The Hall–Kier alpha value is -1.13. The first-order chi connectivity index (χ1) is 2.41. The van der Waals surface area contributed by atoms with E-state index in [4.69, 9.17) is 15.5 Å². The maximum Gasteiger partial charge on any atom is 0.231 e. The van der Waals surface area contributed by atoms with Crippen LogP contribution in [0, 0.1) is 17.2 Å². The fourth-order valence-corrected chi connectivity index (χ4v) is 0. The van der Waals surface area contributed by atoms with Crippen LogP contribution in [0.2, 0.25) is 0 Å². The Morgan fingerprint density at radius 1 is 1.80 bits per heavy atom. The van der Waals surface area contributed by atoms with E-state index in [1.165, 1.54) is 0 Å². The number of hydrogen-bond acceptors (Lipinski definition) is 3. The van der Waals surface area contributed by atoms with Gasteiger partial charge < -0.3 is 0 Å². The first-order valence-corrected chi connectivity index (χ1v) is 0.712. The van der Waals surface area contributed by atoms with E-state index in [1.807, 2.05) is 0 Å². The molecule has 0 spiro atoms. The Morgan fingerprint density at radius 3 is 1.80 bits per heavy atom. The van der Waals surface area contributed by atoms with Gasteiger partial charge in [0.05, 0.1) is 0 Å². The first kappa shape index (κ1) is 9.12. The number of hydrogen-bond donors (Lipinski definition) is 1. The van der Waals surface area contributed by atoms with Gasteiger partial charge in [-0.05, 0) is 0 Å². The number of isocyanates is 1. The predicted octanol–water partition coefficient (Wildman–Crippen LogP) is 0.0408. The molecule has 0 fully saturated rings. The number of carbonyl (C=O) groups excluding carboxylic acids is 1. The van der Waals surface area contributed by atoms with E-state index in [0.29, 0.717) is 0 Å². The molecule has 0 aromatic rings. The van der Waals surface area contributed by atoms with Crippen molar-refractivity contribution >= 4 is 6.08 Å². The van der Waals surface area contributed by atoms with E-state index in [2.05, 4.69) is 6.57 Å². The van der Waals surface area contributed by atoms with Gasteiger partial charge in [0.1, 0.15) is 0 Å². The molecule has 0 bridgehead atoms. The second kappa shape index (κ2) is 594. The van der Waals surface area contributed by atoms with E-state index in [-0.39, 0.29) is 0 Å². The van der Waals surface area contributed by atoms with Crippen LogP contribution in [0.5, 0.6) is 0 Å². The maximum atomic E-state index is 8.35. The van der Waals surface area contributed by atoms with Crippen molar-refractivity contribution in [3.63, 3.8) is 0 Å². The molecule has 3 heteroatoms. The molecule has 26 valence electrons. The fourth-order valence-electron chi connectivity index (χ4n) is 0. The molecule has 3 nitrogen and oxygen atoms in total. The van der Waals surface area contributed by atoms with Crippen molar-refractivity contribution in [1.29, 1.82) is 10.7 Å². The lowest BCUT2D eigenvalue weighted by atomic mass is 11.7. The first-order valence-electron chi connectivity index (χ1n) is 0.712. The molecule has 0 heterocycles. The van der Waals surface area contributed by atoms with Crippen LogP contribution in [0.1, 0.15) is 0 Å². The number of nitrogens with zero attached hydrogens (tertiary/aromatic N) is 1. The SMILES string of the molecule is C#N.N=C=O. The quantitative estimate of drug-likeness (QED) is 0.323. The van der Waals surface area contributed by atoms with Crippen molar-refractivity contribution in [3.05, 3.63) is 0 Å². The van der Waals surface area contributed by atoms with Crippen molar-refractivity contribution in [3.8, 4) is 6.57 Å². The highest BCUT2D eigenvalue weighted by atomic mass is 16.1. The van der Waals surface area contributed by atoms with Crippen molar-refractivity contribution in [2.75, 3.05) is 0 Å². The molecule has 0 radical (unpaired) electrons. The summed E-state index contributed by atoms with van der Waals surface area (Å²) in [4.78, 5) is 8.35. The zero-order chi connectivity index (χ0) is 4.71. The van der Waals surface area contributed by atoms with Crippen LogP contribution < -0.4 is 0 Å². The van der Waals surface area contributed by atoms with Gasteiger partial charge in [-0.1, -0.05) is 0 Å². The Kier molecular flexibility index (Phi) is 1080. The summed E-state index contributed by atoms with van der Waals surface area (Å²) in [6, 6.07) is 0. The number of nitrogens with one attached hydrogen (secondary N) is 1. The summed E-state index contributed by atoms with van der Waals surface area (Å²) in [5.41, 5.74) is 0. The molecule has 0 amide bonds. The van der Waals surface area contributed by atoms with Crippen molar-refractivity contribution < 1.29 is 4.79 Å². The highest BCUT2D eigenvalue weighted by Crippen LogP contribution is 0.868. The summed E-state index contributed by atoms with van der Waals surface area (Å²) >= 11 is 0. The van der Waals surface area contributed by atoms with Crippen molar-refractivity contribution in [2.24, 2.45) is 0 Å². The molecule has 0 aromatic heterocycles. The number of nitriles is 1. The third kappa shape index (κ3) is 1.70. The molecular formula is C2H2N2O. The molecule has 0 saturated heterocycles. The smallest absolute Gasteiger partial charge is 0.222 e. The summed E-state index contributed by atoms with van der Waals surface area (Å²) in [7, 11) is 0. The fraction of sp³-hybridized carbons (Fsp3) is 0. The van der Waals surface area contributed by atoms with Gasteiger partial charge in [0.2, 0.25) is 6.08 Å². The van der Waals surface area contributed by atoms with E-state index in [1.54, 1.807) is 0 Å². The molecule has 1 N–H and O–H groups in total. The zero-order valence-electron chi connectivity index (χ0n) is 2.43. The number of rotatable bonds is 0. The molecule has 0 aliphatic rings. The van der Waals surface area contributed by atoms with E-state index in [9.17, 15) is 0 Å². The maximum absolute atomic E-state index is 8.35. The topological polar surface area (TPSA) is 64.7 Å². The summed E-state index contributed by atoms with van der Waals surface area (Å²) < 4.78 is 0. The lowest BCUT2D eigenvalue weighted by Gasteiger charge is -1.02. The minimum absolute atomic E-state index is 0.750.